The highest BCUT2D eigenvalue weighted by molar-refractivity contribution is 8.00. The van der Waals surface area contributed by atoms with Gasteiger partial charge in [0, 0.05) is 5.75 Å². The van der Waals surface area contributed by atoms with Gasteiger partial charge in [-0.3, -0.25) is 14.5 Å². The minimum atomic E-state index is -0.984. The van der Waals surface area contributed by atoms with Crippen molar-refractivity contribution in [2.24, 2.45) is 0 Å². The number of hydrogen-bond acceptors (Lipinski definition) is 10. The van der Waals surface area contributed by atoms with Gasteiger partial charge in [-0.25, -0.2) is 0 Å². The topological polar surface area (TPSA) is 113 Å². The molecule has 0 fully saturated rings. The number of ketones is 1. The highest BCUT2D eigenvalue weighted by atomic mass is 32.2. The van der Waals surface area contributed by atoms with E-state index in [0.29, 0.717) is 27.1 Å². The number of aliphatic hydroxyl groups excluding tert-OH is 1. The first-order chi connectivity index (χ1) is 18.0. The molecule has 1 atom stereocenters. The number of aliphatic hydroxyl groups is 1. The second-order valence-electron chi connectivity index (χ2n) is 7.93. The summed E-state index contributed by atoms with van der Waals surface area (Å²) in [5.74, 6) is -1.03. The second-order valence-corrected chi connectivity index (χ2v) is 11.1. The van der Waals surface area contributed by atoms with Crippen molar-refractivity contribution in [1.29, 1.82) is 0 Å². The van der Waals surface area contributed by atoms with Crippen LogP contribution in [0.1, 0.15) is 33.8 Å². The highest BCUT2D eigenvalue weighted by Crippen LogP contribution is 2.45. The number of thioether (sulfide) groups is 1. The number of anilines is 1. The number of benzene rings is 2. The standard InChI is InChI=1S/C26H21N3O5S3/c1-2-34-18-13-16(10-11-17(18)30)21-20(22(31)19-9-6-12-35-19)23(32)24(33)29(21)25-27-28-26(37-25)36-14-15-7-4-3-5-8-15/h3-13,21,30,32H,2,14H2,1H3. The number of Topliss-reactive ketones (excluding diaryl/α,β-unsaturated/α-hetero) is 1. The third kappa shape index (κ3) is 4.97. The zero-order valence-electron chi connectivity index (χ0n) is 19.5. The Kier molecular flexibility index (Phi) is 7.26. The molecule has 2 N–H and O–H groups in total. The van der Waals surface area contributed by atoms with Gasteiger partial charge in [0.2, 0.25) is 10.9 Å². The Labute approximate surface area is 224 Å². The van der Waals surface area contributed by atoms with E-state index in [0.717, 1.165) is 5.56 Å². The van der Waals surface area contributed by atoms with Gasteiger partial charge in [-0.2, -0.15) is 0 Å². The van der Waals surface area contributed by atoms with Crippen molar-refractivity contribution < 1.29 is 24.5 Å². The molecule has 2 aromatic carbocycles. The van der Waals surface area contributed by atoms with E-state index in [1.54, 1.807) is 36.6 Å². The molecule has 1 amide bonds. The van der Waals surface area contributed by atoms with E-state index in [4.69, 9.17) is 4.74 Å². The van der Waals surface area contributed by atoms with Gasteiger partial charge in [0.05, 0.1) is 23.1 Å². The lowest BCUT2D eigenvalue weighted by Gasteiger charge is -2.24. The monoisotopic (exact) mass is 551 g/mol. The summed E-state index contributed by atoms with van der Waals surface area (Å²) < 4.78 is 6.18. The Hall–Kier alpha value is -3.67. The first-order valence-electron chi connectivity index (χ1n) is 11.3. The van der Waals surface area contributed by atoms with Crippen LogP contribution < -0.4 is 9.64 Å². The van der Waals surface area contributed by atoms with Crippen LogP contribution in [-0.2, 0) is 10.5 Å². The predicted molar refractivity (Wildman–Crippen MR) is 144 cm³/mol. The molecular formula is C26H21N3O5S3. The number of nitrogens with zero attached hydrogens (tertiary/aromatic N) is 3. The summed E-state index contributed by atoms with van der Waals surface area (Å²) in [5, 5.41) is 31.6. The van der Waals surface area contributed by atoms with Gasteiger partial charge in [0.15, 0.2) is 21.6 Å². The van der Waals surface area contributed by atoms with Crippen LogP contribution in [0.25, 0.3) is 0 Å². The number of amides is 1. The molecule has 0 saturated carbocycles. The molecule has 2 aromatic heterocycles. The number of phenolic OH excluding ortho intramolecular Hbond substituents is 1. The largest absolute Gasteiger partial charge is 0.504 e. The van der Waals surface area contributed by atoms with Gasteiger partial charge >= 0.3 is 0 Å². The quantitative estimate of drug-likeness (QED) is 0.153. The predicted octanol–water partition coefficient (Wildman–Crippen LogP) is 5.78. The van der Waals surface area contributed by atoms with Crippen LogP contribution in [0.15, 0.2) is 81.7 Å². The van der Waals surface area contributed by atoms with Crippen molar-refractivity contribution in [2.45, 2.75) is 23.1 Å². The van der Waals surface area contributed by atoms with Gasteiger partial charge < -0.3 is 14.9 Å². The summed E-state index contributed by atoms with van der Waals surface area (Å²) in [4.78, 5) is 28.5. The summed E-state index contributed by atoms with van der Waals surface area (Å²) in [6.45, 7) is 2.09. The molecule has 0 bridgehead atoms. The molecule has 4 aromatic rings. The fourth-order valence-corrected chi connectivity index (χ4v) is 6.44. The minimum Gasteiger partial charge on any atom is -0.504 e. The maximum Gasteiger partial charge on any atom is 0.296 e. The lowest BCUT2D eigenvalue weighted by molar-refractivity contribution is -0.117. The number of aromatic nitrogens is 2. The third-order valence-electron chi connectivity index (χ3n) is 5.60. The Morgan fingerprint density at radius 2 is 1.92 bits per heavy atom. The Balaban J connectivity index is 1.53. The number of phenols is 1. The SMILES string of the molecule is CCOc1cc(C2C(C(=O)c3cccs3)=C(O)C(=O)N2c2nnc(SCc3ccccc3)s2)ccc1O. The van der Waals surface area contributed by atoms with Crippen molar-refractivity contribution in [1.82, 2.24) is 10.2 Å². The van der Waals surface area contributed by atoms with Crippen LogP contribution in [0.3, 0.4) is 0 Å². The van der Waals surface area contributed by atoms with Crippen LogP contribution >= 0.6 is 34.4 Å². The molecule has 37 heavy (non-hydrogen) atoms. The van der Waals surface area contributed by atoms with Crippen molar-refractivity contribution >= 4 is 51.3 Å². The molecular weight excluding hydrogens is 531 g/mol. The van der Waals surface area contributed by atoms with Crippen molar-refractivity contribution in [3.05, 3.63) is 93.4 Å². The van der Waals surface area contributed by atoms with E-state index < -0.39 is 23.5 Å². The molecule has 1 unspecified atom stereocenters. The lowest BCUT2D eigenvalue weighted by atomic mass is 9.95. The average molecular weight is 552 g/mol. The number of thiophene rings is 1. The smallest absolute Gasteiger partial charge is 0.296 e. The van der Waals surface area contributed by atoms with Crippen LogP contribution in [-0.4, -0.2) is 38.7 Å². The number of carbonyl (C=O) groups excluding carboxylic acids is 2. The minimum absolute atomic E-state index is 0.0609. The number of rotatable bonds is 9. The molecule has 0 aliphatic carbocycles. The summed E-state index contributed by atoms with van der Waals surface area (Å²) in [6, 6.07) is 16.9. The first-order valence-corrected chi connectivity index (χ1v) is 14.0. The summed E-state index contributed by atoms with van der Waals surface area (Å²) in [6.07, 6.45) is 0. The van der Waals surface area contributed by atoms with Crippen LogP contribution in [0.2, 0.25) is 0 Å². The zero-order chi connectivity index (χ0) is 25.9. The third-order valence-corrected chi connectivity index (χ3v) is 8.60. The van der Waals surface area contributed by atoms with Gasteiger partial charge in [-0.1, -0.05) is 65.6 Å². The molecule has 188 valence electrons. The average Bonchev–Trinajstić information content (AvgIpc) is 3.66. The van der Waals surface area contributed by atoms with Gasteiger partial charge in [0.1, 0.15) is 0 Å². The van der Waals surface area contributed by atoms with Gasteiger partial charge in [-0.05, 0) is 41.6 Å². The Morgan fingerprint density at radius 1 is 1.11 bits per heavy atom. The maximum absolute atomic E-state index is 13.5. The molecule has 8 nitrogen and oxygen atoms in total. The van der Waals surface area contributed by atoms with E-state index in [-0.39, 0.29) is 22.2 Å². The number of hydrogen-bond donors (Lipinski definition) is 2. The normalized spacial score (nSPS) is 15.4. The zero-order valence-corrected chi connectivity index (χ0v) is 22.0. The van der Waals surface area contributed by atoms with E-state index in [2.05, 4.69) is 10.2 Å². The molecule has 11 heteroatoms. The summed E-state index contributed by atoms with van der Waals surface area (Å²) in [7, 11) is 0. The Bertz CT molecular complexity index is 1470. The maximum atomic E-state index is 13.5. The highest BCUT2D eigenvalue weighted by Gasteiger charge is 2.46. The first kappa shape index (κ1) is 25.0. The number of carbonyl (C=O) groups is 2. The fourth-order valence-electron chi connectivity index (χ4n) is 3.94. The molecule has 0 spiro atoms. The van der Waals surface area contributed by atoms with E-state index in [9.17, 15) is 19.8 Å². The molecule has 1 aliphatic rings. The van der Waals surface area contributed by atoms with Crippen LogP contribution in [0, 0.1) is 0 Å². The molecule has 0 saturated heterocycles. The fraction of sp³-hybridized carbons (Fsp3) is 0.154. The summed E-state index contributed by atoms with van der Waals surface area (Å²) in [5.41, 5.74) is 1.54. The van der Waals surface area contributed by atoms with Crippen LogP contribution in [0.5, 0.6) is 11.5 Å². The van der Waals surface area contributed by atoms with Crippen molar-refractivity contribution in [2.75, 3.05) is 11.5 Å². The lowest BCUT2D eigenvalue weighted by Crippen LogP contribution is -2.31. The number of ether oxygens (including phenoxy) is 1. The van der Waals surface area contributed by atoms with Crippen molar-refractivity contribution in [3.8, 4) is 11.5 Å². The van der Waals surface area contributed by atoms with E-state index >= 15 is 0 Å². The number of aromatic hydroxyl groups is 1. The van der Waals surface area contributed by atoms with E-state index in [1.807, 2.05) is 30.3 Å². The van der Waals surface area contributed by atoms with Gasteiger partial charge in [-0.15, -0.1) is 21.5 Å². The Morgan fingerprint density at radius 3 is 2.65 bits per heavy atom. The molecule has 3 heterocycles. The van der Waals surface area contributed by atoms with Gasteiger partial charge in [0.25, 0.3) is 5.91 Å². The van der Waals surface area contributed by atoms with E-state index in [1.165, 1.54) is 45.4 Å². The molecule has 0 radical (unpaired) electrons. The van der Waals surface area contributed by atoms with Crippen molar-refractivity contribution in [3.63, 3.8) is 0 Å². The molecule has 1 aliphatic heterocycles. The second kappa shape index (κ2) is 10.8. The summed E-state index contributed by atoms with van der Waals surface area (Å²) >= 11 is 3.90. The molecule has 5 rings (SSSR count). The van der Waals surface area contributed by atoms with Crippen LogP contribution in [0.4, 0.5) is 5.13 Å².